The van der Waals surface area contributed by atoms with Crippen LogP contribution in [0.2, 0.25) is 0 Å². The first-order valence-corrected chi connectivity index (χ1v) is 5.72. The van der Waals surface area contributed by atoms with Crippen molar-refractivity contribution in [3.63, 3.8) is 0 Å². The molecule has 0 saturated heterocycles. The zero-order chi connectivity index (χ0) is 11.3. The minimum Gasteiger partial charge on any atom is -0.363 e. The van der Waals surface area contributed by atoms with E-state index < -0.39 is 0 Å². The van der Waals surface area contributed by atoms with Crippen molar-refractivity contribution in [3.8, 4) is 0 Å². The van der Waals surface area contributed by atoms with Crippen LogP contribution >= 0.6 is 12.2 Å². The largest absolute Gasteiger partial charge is 0.363 e. The molecule has 0 aliphatic rings. The normalized spacial score (nSPS) is 9.80. The van der Waals surface area contributed by atoms with Gasteiger partial charge in [-0.15, -0.1) is 0 Å². The van der Waals surface area contributed by atoms with Gasteiger partial charge in [0.15, 0.2) is 5.11 Å². The van der Waals surface area contributed by atoms with Gasteiger partial charge in [-0.1, -0.05) is 24.6 Å². The predicted molar refractivity (Wildman–Crippen MR) is 70.5 cm³/mol. The first-order chi connectivity index (χ1) is 7.17. The van der Waals surface area contributed by atoms with E-state index in [2.05, 4.69) is 42.7 Å². The minimum atomic E-state index is 0.691. The van der Waals surface area contributed by atoms with Gasteiger partial charge in [-0.2, -0.15) is 0 Å². The molecule has 0 bridgehead atoms. The Bertz CT molecular complexity index is 347. The number of thiocarbonyl (C=S) groups is 1. The quantitative estimate of drug-likeness (QED) is 0.769. The second-order valence-corrected chi connectivity index (χ2v) is 3.91. The molecule has 82 valence electrons. The van der Waals surface area contributed by atoms with Crippen molar-refractivity contribution in [3.05, 3.63) is 29.3 Å². The van der Waals surface area contributed by atoms with Gasteiger partial charge < -0.3 is 10.6 Å². The van der Waals surface area contributed by atoms with Crippen LogP contribution in [0, 0.1) is 6.92 Å². The number of aryl methyl sites for hydroxylation is 2. The van der Waals surface area contributed by atoms with Crippen LogP contribution < -0.4 is 10.6 Å². The molecule has 15 heavy (non-hydrogen) atoms. The molecule has 0 unspecified atom stereocenters. The molecule has 1 aromatic carbocycles. The van der Waals surface area contributed by atoms with Crippen LogP contribution in [0.25, 0.3) is 0 Å². The third-order valence-electron chi connectivity index (χ3n) is 2.23. The van der Waals surface area contributed by atoms with Gasteiger partial charge in [0.2, 0.25) is 0 Å². The molecule has 0 aliphatic carbocycles. The van der Waals surface area contributed by atoms with Crippen molar-refractivity contribution < 1.29 is 0 Å². The van der Waals surface area contributed by atoms with E-state index >= 15 is 0 Å². The van der Waals surface area contributed by atoms with Crippen LogP contribution in [0.3, 0.4) is 0 Å². The zero-order valence-corrected chi connectivity index (χ0v) is 10.4. The number of rotatable bonds is 3. The van der Waals surface area contributed by atoms with Crippen molar-refractivity contribution in [1.29, 1.82) is 0 Å². The smallest absolute Gasteiger partial charge is 0.170 e. The fraction of sp³-hybridized carbons (Fsp3) is 0.417. The Morgan fingerprint density at radius 3 is 2.67 bits per heavy atom. The number of hydrogen-bond donors (Lipinski definition) is 2. The summed E-state index contributed by atoms with van der Waals surface area (Å²) in [6, 6.07) is 6.37. The standard InChI is InChI=1S/C12H18N2S/c1-4-10-8-9(3)6-7-11(10)14-12(15)13-5-2/h6-8H,4-5H2,1-3H3,(H2,13,14,15). The fourth-order valence-electron chi connectivity index (χ4n) is 1.46. The zero-order valence-electron chi connectivity index (χ0n) is 9.55. The summed E-state index contributed by atoms with van der Waals surface area (Å²) in [6.07, 6.45) is 1.01. The van der Waals surface area contributed by atoms with Gasteiger partial charge in [0.05, 0.1) is 0 Å². The summed E-state index contributed by atoms with van der Waals surface area (Å²) in [5.41, 5.74) is 3.69. The second kappa shape index (κ2) is 5.71. The number of nitrogens with one attached hydrogen (secondary N) is 2. The summed E-state index contributed by atoms with van der Waals surface area (Å²) in [7, 11) is 0. The lowest BCUT2D eigenvalue weighted by molar-refractivity contribution is 0.978. The van der Waals surface area contributed by atoms with E-state index in [4.69, 9.17) is 12.2 Å². The summed E-state index contributed by atoms with van der Waals surface area (Å²) >= 11 is 5.15. The molecule has 0 aromatic heterocycles. The molecule has 0 radical (unpaired) electrons. The Morgan fingerprint density at radius 2 is 2.07 bits per heavy atom. The molecule has 0 atom stereocenters. The lowest BCUT2D eigenvalue weighted by Crippen LogP contribution is -2.28. The van der Waals surface area contributed by atoms with Gasteiger partial charge in [-0.25, -0.2) is 0 Å². The van der Waals surface area contributed by atoms with Gasteiger partial charge in [0.1, 0.15) is 0 Å². The van der Waals surface area contributed by atoms with E-state index in [-0.39, 0.29) is 0 Å². The van der Waals surface area contributed by atoms with Crippen molar-refractivity contribution >= 4 is 23.0 Å². The second-order valence-electron chi connectivity index (χ2n) is 3.50. The highest BCUT2D eigenvalue weighted by atomic mass is 32.1. The highest BCUT2D eigenvalue weighted by molar-refractivity contribution is 7.80. The van der Waals surface area contributed by atoms with Gasteiger partial charge in [0.25, 0.3) is 0 Å². The summed E-state index contributed by atoms with van der Waals surface area (Å²) in [4.78, 5) is 0. The minimum absolute atomic E-state index is 0.691. The van der Waals surface area contributed by atoms with E-state index in [9.17, 15) is 0 Å². The molecule has 0 saturated carbocycles. The molecule has 2 N–H and O–H groups in total. The van der Waals surface area contributed by atoms with Gasteiger partial charge in [0, 0.05) is 12.2 Å². The number of anilines is 1. The molecule has 0 fully saturated rings. The van der Waals surface area contributed by atoms with Crippen LogP contribution in [0.5, 0.6) is 0 Å². The molecule has 1 aromatic rings. The first kappa shape index (κ1) is 12.0. The van der Waals surface area contributed by atoms with E-state index in [0.717, 1.165) is 18.7 Å². The SMILES string of the molecule is CCNC(=S)Nc1ccc(C)cc1CC. The van der Waals surface area contributed by atoms with Gasteiger partial charge in [-0.05, 0) is 44.1 Å². The highest BCUT2D eigenvalue weighted by Crippen LogP contribution is 2.17. The van der Waals surface area contributed by atoms with Gasteiger partial charge in [-0.3, -0.25) is 0 Å². The molecule has 0 heterocycles. The third kappa shape index (κ3) is 3.51. The monoisotopic (exact) mass is 222 g/mol. The maximum Gasteiger partial charge on any atom is 0.170 e. The number of hydrogen-bond acceptors (Lipinski definition) is 1. The maximum absolute atomic E-state index is 5.15. The Labute approximate surface area is 97.1 Å². The molecule has 1 rings (SSSR count). The van der Waals surface area contributed by atoms with Crippen molar-refractivity contribution in [2.45, 2.75) is 27.2 Å². The average Bonchev–Trinajstić information content (AvgIpc) is 2.21. The lowest BCUT2D eigenvalue weighted by Gasteiger charge is -2.13. The van der Waals surface area contributed by atoms with Crippen LogP contribution in [0.15, 0.2) is 18.2 Å². The lowest BCUT2D eigenvalue weighted by atomic mass is 10.1. The molecule has 2 nitrogen and oxygen atoms in total. The molecule has 0 amide bonds. The van der Waals surface area contributed by atoms with Crippen LogP contribution in [-0.4, -0.2) is 11.7 Å². The Kier molecular flexibility index (Phi) is 4.56. The maximum atomic E-state index is 5.15. The Hall–Kier alpha value is -1.09. The average molecular weight is 222 g/mol. The van der Waals surface area contributed by atoms with E-state index in [0.29, 0.717) is 5.11 Å². The Balaban J connectivity index is 2.80. The molecule has 3 heteroatoms. The van der Waals surface area contributed by atoms with E-state index in [1.807, 2.05) is 6.92 Å². The predicted octanol–water partition coefficient (Wildman–Crippen LogP) is 2.86. The van der Waals surface area contributed by atoms with Crippen LogP contribution in [0.1, 0.15) is 25.0 Å². The fourth-order valence-corrected chi connectivity index (χ4v) is 1.72. The molecular formula is C12H18N2S. The first-order valence-electron chi connectivity index (χ1n) is 5.31. The van der Waals surface area contributed by atoms with Gasteiger partial charge >= 0.3 is 0 Å². The molecule has 0 aliphatic heterocycles. The topological polar surface area (TPSA) is 24.1 Å². The molecule has 0 spiro atoms. The summed E-state index contributed by atoms with van der Waals surface area (Å²) in [5, 5.41) is 6.98. The van der Waals surface area contributed by atoms with E-state index in [1.165, 1.54) is 11.1 Å². The number of benzene rings is 1. The highest BCUT2D eigenvalue weighted by Gasteiger charge is 2.02. The Morgan fingerprint density at radius 1 is 1.33 bits per heavy atom. The molecular weight excluding hydrogens is 204 g/mol. The van der Waals surface area contributed by atoms with Crippen LogP contribution in [0.4, 0.5) is 5.69 Å². The summed E-state index contributed by atoms with van der Waals surface area (Å²) < 4.78 is 0. The summed E-state index contributed by atoms with van der Waals surface area (Å²) in [6.45, 7) is 7.13. The third-order valence-corrected chi connectivity index (χ3v) is 2.47. The van der Waals surface area contributed by atoms with E-state index in [1.54, 1.807) is 0 Å². The summed E-state index contributed by atoms with van der Waals surface area (Å²) in [5.74, 6) is 0. The van der Waals surface area contributed by atoms with Crippen molar-refractivity contribution in [1.82, 2.24) is 5.32 Å². The van der Waals surface area contributed by atoms with Crippen LogP contribution in [-0.2, 0) is 6.42 Å². The van der Waals surface area contributed by atoms with Crippen molar-refractivity contribution in [2.75, 3.05) is 11.9 Å². The van der Waals surface area contributed by atoms with Crippen molar-refractivity contribution in [2.24, 2.45) is 0 Å².